The van der Waals surface area contributed by atoms with Crippen molar-refractivity contribution < 1.29 is 33.3 Å². The highest BCUT2D eigenvalue weighted by Gasteiger charge is 2.11. The predicted octanol–water partition coefficient (Wildman–Crippen LogP) is 5.88. The van der Waals surface area contributed by atoms with Crippen molar-refractivity contribution in [2.75, 3.05) is 39.1 Å². The Labute approximate surface area is 239 Å². The van der Waals surface area contributed by atoms with E-state index in [1.54, 1.807) is 101 Å². The molecule has 0 aliphatic rings. The van der Waals surface area contributed by atoms with Gasteiger partial charge in [0.05, 0.1) is 41.3 Å². The van der Waals surface area contributed by atoms with Crippen LogP contribution in [0.4, 0.5) is 11.4 Å². The number of anilines is 2. The zero-order valence-corrected chi connectivity index (χ0v) is 23.4. The quantitative estimate of drug-likeness (QED) is 0.225. The fraction of sp³-hybridized carbons (Fsp3) is 0.188. The first kappa shape index (κ1) is 28.8. The maximum atomic E-state index is 12.5. The van der Waals surface area contributed by atoms with Crippen molar-refractivity contribution in [3.8, 4) is 34.5 Å². The molecule has 0 unspecified atom stereocenters. The van der Waals surface area contributed by atoms with Crippen LogP contribution < -0.4 is 34.3 Å². The minimum absolute atomic E-state index is 0.158. The molecule has 4 rings (SSSR count). The lowest BCUT2D eigenvalue weighted by Crippen LogP contribution is -2.14. The molecule has 9 nitrogen and oxygen atoms in total. The van der Waals surface area contributed by atoms with Crippen molar-refractivity contribution in [3.63, 3.8) is 0 Å². The van der Waals surface area contributed by atoms with Crippen LogP contribution in [0.5, 0.6) is 34.5 Å². The Kier molecular flexibility index (Phi) is 9.66. The summed E-state index contributed by atoms with van der Waals surface area (Å²) in [5.41, 5.74) is 2.91. The van der Waals surface area contributed by atoms with E-state index in [1.165, 1.54) is 0 Å². The molecule has 0 aliphatic heterocycles. The van der Waals surface area contributed by atoms with Gasteiger partial charge in [-0.3, -0.25) is 9.59 Å². The summed E-state index contributed by atoms with van der Waals surface area (Å²) in [5.74, 6) is 3.26. The largest absolute Gasteiger partial charge is 0.493 e. The van der Waals surface area contributed by atoms with Crippen LogP contribution in [-0.2, 0) is 22.4 Å². The maximum Gasteiger partial charge on any atom is 0.228 e. The van der Waals surface area contributed by atoms with Gasteiger partial charge >= 0.3 is 0 Å². The summed E-state index contributed by atoms with van der Waals surface area (Å²) in [4.78, 5) is 25.0. The maximum absolute atomic E-state index is 12.5. The van der Waals surface area contributed by atoms with E-state index in [1.807, 2.05) is 12.1 Å². The molecule has 0 bridgehead atoms. The Morgan fingerprint density at radius 2 is 0.878 bits per heavy atom. The summed E-state index contributed by atoms with van der Waals surface area (Å²) in [5, 5.41) is 5.77. The van der Waals surface area contributed by atoms with Gasteiger partial charge in [-0.1, -0.05) is 12.1 Å². The lowest BCUT2D eigenvalue weighted by Gasteiger charge is -2.11. The predicted molar refractivity (Wildman–Crippen MR) is 157 cm³/mol. The average Bonchev–Trinajstić information content (AvgIpc) is 2.98. The second-order valence-corrected chi connectivity index (χ2v) is 8.98. The topological polar surface area (TPSA) is 104 Å². The SMILES string of the molecule is COc1ccc(CC(=O)Nc2ccc(Oc3ccc(NC(=O)Cc4ccc(OC)c(OC)c4)cc3)cc2)cc1OC. The van der Waals surface area contributed by atoms with Crippen molar-refractivity contribution in [1.29, 1.82) is 0 Å². The summed E-state index contributed by atoms with van der Waals surface area (Å²) in [6.07, 6.45) is 0.381. The molecule has 4 aromatic carbocycles. The zero-order valence-electron chi connectivity index (χ0n) is 23.4. The van der Waals surface area contributed by atoms with E-state index in [-0.39, 0.29) is 24.7 Å². The first-order valence-electron chi connectivity index (χ1n) is 12.8. The molecule has 212 valence electrons. The number of carbonyl (C=O) groups excluding carboxylic acids is 2. The zero-order chi connectivity index (χ0) is 29.2. The number of methoxy groups -OCH3 is 4. The molecule has 41 heavy (non-hydrogen) atoms. The molecule has 0 fully saturated rings. The van der Waals surface area contributed by atoms with Crippen molar-refractivity contribution in [2.24, 2.45) is 0 Å². The molecule has 0 heterocycles. The second kappa shape index (κ2) is 13.7. The Morgan fingerprint density at radius 3 is 1.22 bits per heavy atom. The first-order chi connectivity index (χ1) is 19.9. The molecular formula is C32H32N2O7. The lowest BCUT2D eigenvalue weighted by molar-refractivity contribution is -0.116. The summed E-state index contributed by atoms with van der Waals surface area (Å²) in [6.45, 7) is 0. The van der Waals surface area contributed by atoms with Crippen molar-refractivity contribution in [3.05, 3.63) is 96.1 Å². The van der Waals surface area contributed by atoms with Crippen LogP contribution in [-0.4, -0.2) is 40.3 Å². The van der Waals surface area contributed by atoms with Crippen LogP contribution in [0.3, 0.4) is 0 Å². The summed E-state index contributed by atoms with van der Waals surface area (Å²) < 4.78 is 27.0. The molecule has 4 aromatic rings. The van der Waals surface area contributed by atoms with Crippen LogP contribution in [0.25, 0.3) is 0 Å². The highest BCUT2D eigenvalue weighted by molar-refractivity contribution is 5.93. The Bertz CT molecular complexity index is 1370. The third-order valence-electron chi connectivity index (χ3n) is 6.14. The van der Waals surface area contributed by atoms with Gasteiger partial charge in [-0.05, 0) is 83.9 Å². The minimum atomic E-state index is -0.158. The van der Waals surface area contributed by atoms with Gasteiger partial charge in [-0.15, -0.1) is 0 Å². The monoisotopic (exact) mass is 556 g/mol. The fourth-order valence-corrected chi connectivity index (χ4v) is 4.11. The third kappa shape index (κ3) is 7.92. The smallest absolute Gasteiger partial charge is 0.228 e. The van der Waals surface area contributed by atoms with E-state index >= 15 is 0 Å². The standard InChI is InChI=1S/C32H32N2O7/c1-37-27-15-5-21(17-29(27)39-3)19-31(35)33-23-7-11-25(12-8-23)41-26-13-9-24(10-14-26)34-32(36)20-22-6-16-28(38-2)30(18-22)40-4/h5-18H,19-20H2,1-4H3,(H,33,35)(H,34,36). The molecule has 0 aromatic heterocycles. The molecule has 0 aliphatic carbocycles. The number of amides is 2. The van der Waals surface area contributed by atoms with E-state index in [0.717, 1.165) is 11.1 Å². The van der Waals surface area contributed by atoms with Crippen molar-refractivity contribution in [1.82, 2.24) is 0 Å². The van der Waals surface area contributed by atoms with Gasteiger partial charge in [0.15, 0.2) is 23.0 Å². The van der Waals surface area contributed by atoms with Crippen LogP contribution in [0, 0.1) is 0 Å². The molecule has 9 heteroatoms. The van der Waals surface area contributed by atoms with Gasteiger partial charge < -0.3 is 34.3 Å². The normalized spacial score (nSPS) is 10.3. The Balaban J connectivity index is 1.27. The van der Waals surface area contributed by atoms with E-state index in [9.17, 15) is 9.59 Å². The van der Waals surface area contributed by atoms with Crippen molar-refractivity contribution in [2.45, 2.75) is 12.8 Å². The first-order valence-corrected chi connectivity index (χ1v) is 12.8. The van der Waals surface area contributed by atoms with E-state index in [4.69, 9.17) is 23.7 Å². The molecule has 2 amide bonds. The average molecular weight is 557 g/mol. The molecule has 2 N–H and O–H groups in total. The highest BCUT2D eigenvalue weighted by atomic mass is 16.5. The molecule has 0 saturated heterocycles. The van der Waals surface area contributed by atoms with Gasteiger partial charge in [0.25, 0.3) is 0 Å². The Morgan fingerprint density at radius 1 is 0.512 bits per heavy atom. The summed E-state index contributed by atoms with van der Waals surface area (Å²) >= 11 is 0. The molecule has 0 saturated carbocycles. The van der Waals surface area contributed by atoms with E-state index < -0.39 is 0 Å². The minimum Gasteiger partial charge on any atom is -0.493 e. The summed E-state index contributed by atoms with van der Waals surface area (Å²) in [6, 6.07) is 24.9. The van der Waals surface area contributed by atoms with Gasteiger partial charge in [0.2, 0.25) is 11.8 Å². The number of hydrogen-bond donors (Lipinski definition) is 2. The number of ether oxygens (including phenoxy) is 5. The number of hydrogen-bond acceptors (Lipinski definition) is 7. The molecule has 0 radical (unpaired) electrons. The second-order valence-electron chi connectivity index (χ2n) is 8.98. The van der Waals surface area contributed by atoms with Gasteiger partial charge in [-0.25, -0.2) is 0 Å². The van der Waals surface area contributed by atoms with E-state index in [0.29, 0.717) is 45.9 Å². The molecular weight excluding hydrogens is 524 g/mol. The van der Waals surface area contributed by atoms with Gasteiger partial charge in [0.1, 0.15) is 11.5 Å². The number of carbonyl (C=O) groups is 2. The van der Waals surface area contributed by atoms with Gasteiger partial charge in [0, 0.05) is 11.4 Å². The number of rotatable bonds is 12. The molecule has 0 atom stereocenters. The van der Waals surface area contributed by atoms with Crippen LogP contribution in [0.1, 0.15) is 11.1 Å². The van der Waals surface area contributed by atoms with Crippen molar-refractivity contribution >= 4 is 23.2 Å². The fourth-order valence-electron chi connectivity index (χ4n) is 4.11. The molecule has 0 spiro atoms. The van der Waals surface area contributed by atoms with Crippen LogP contribution in [0.2, 0.25) is 0 Å². The summed E-state index contributed by atoms with van der Waals surface area (Å²) in [7, 11) is 6.25. The lowest BCUT2D eigenvalue weighted by atomic mass is 10.1. The number of nitrogens with one attached hydrogen (secondary N) is 2. The van der Waals surface area contributed by atoms with Gasteiger partial charge in [-0.2, -0.15) is 0 Å². The van der Waals surface area contributed by atoms with Crippen LogP contribution >= 0.6 is 0 Å². The Hall–Kier alpha value is -5.18. The number of benzene rings is 4. The highest BCUT2D eigenvalue weighted by Crippen LogP contribution is 2.29. The third-order valence-corrected chi connectivity index (χ3v) is 6.14. The van der Waals surface area contributed by atoms with E-state index in [2.05, 4.69) is 10.6 Å². The van der Waals surface area contributed by atoms with Crippen LogP contribution in [0.15, 0.2) is 84.9 Å².